The number of halogens is 2. The highest BCUT2D eigenvalue weighted by molar-refractivity contribution is 6.53. The van der Waals surface area contributed by atoms with Crippen LogP contribution in [0.4, 0.5) is 0 Å². The third-order valence-corrected chi connectivity index (χ3v) is 6.65. The predicted octanol–water partition coefficient (Wildman–Crippen LogP) is 3.51. The molecule has 5 atom stereocenters. The quantitative estimate of drug-likeness (QED) is 0.792. The average Bonchev–Trinajstić information content (AvgIpc) is 2.74. The molecule has 18 heavy (non-hydrogen) atoms. The highest BCUT2D eigenvalue weighted by Crippen LogP contribution is 2.64. The Bertz CT molecular complexity index is 384. The van der Waals surface area contributed by atoms with E-state index in [4.69, 9.17) is 23.2 Å². The molecule has 102 valence electrons. The highest BCUT2D eigenvalue weighted by Gasteiger charge is 2.68. The molecule has 2 bridgehead atoms. The van der Waals surface area contributed by atoms with Crippen LogP contribution >= 0.6 is 23.2 Å². The normalized spacial score (nSPS) is 45.9. The lowest BCUT2D eigenvalue weighted by molar-refractivity contribution is -0.126. The van der Waals surface area contributed by atoms with Gasteiger partial charge in [-0.2, -0.15) is 0 Å². The molecule has 3 rings (SSSR count). The second kappa shape index (κ2) is 4.02. The predicted molar refractivity (Wildman–Crippen MR) is 73.7 cm³/mol. The van der Waals surface area contributed by atoms with Crippen molar-refractivity contribution in [2.24, 2.45) is 23.2 Å². The zero-order valence-corrected chi connectivity index (χ0v) is 12.5. The SMILES string of the molecule is CC(NC(=O)C1(C)CC1(Cl)Cl)C1CC2CCC1C2. The second-order valence-electron chi connectivity index (χ2n) is 6.81. The average molecular weight is 290 g/mol. The summed E-state index contributed by atoms with van der Waals surface area (Å²) in [5.41, 5.74) is -0.581. The van der Waals surface area contributed by atoms with Gasteiger partial charge in [0.05, 0.1) is 5.41 Å². The number of amides is 1. The van der Waals surface area contributed by atoms with Gasteiger partial charge in [0, 0.05) is 6.04 Å². The standard InChI is InChI=1S/C14H21Cl2NO/c1-8(11-6-9-3-4-10(11)5-9)17-12(18)13(2)7-14(13,15)16/h8-11H,3-7H2,1-2H3,(H,17,18). The minimum atomic E-state index is -0.856. The summed E-state index contributed by atoms with van der Waals surface area (Å²) in [6.07, 6.45) is 5.97. The number of carbonyl (C=O) groups is 1. The molecule has 1 amide bonds. The second-order valence-corrected chi connectivity index (χ2v) is 8.30. The first-order chi connectivity index (χ1) is 8.33. The van der Waals surface area contributed by atoms with Gasteiger partial charge in [-0.15, -0.1) is 23.2 Å². The molecule has 3 fully saturated rings. The maximum atomic E-state index is 12.2. The fourth-order valence-electron chi connectivity index (χ4n) is 4.03. The van der Waals surface area contributed by atoms with E-state index in [0.717, 1.165) is 11.8 Å². The number of hydrogen-bond donors (Lipinski definition) is 1. The van der Waals surface area contributed by atoms with Crippen LogP contribution in [-0.4, -0.2) is 16.3 Å². The van der Waals surface area contributed by atoms with Crippen molar-refractivity contribution in [2.75, 3.05) is 0 Å². The third kappa shape index (κ3) is 1.87. The number of fused-ring (bicyclic) bond motifs is 2. The third-order valence-electron chi connectivity index (χ3n) is 5.55. The van der Waals surface area contributed by atoms with E-state index in [1.807, 2.05) is 6.92 Å². The van der Waals surface area contributed by atoms with Gasteiger partial charge in [-0.25, -0.2) is 0 Å². The molecule has 4 heteroatoms. The van der Waals surface area contributed by atoms with E-state index in [1.165, 1.54) is 25.7 Å². The smallest absolute Gasteiger partial charge is 0.229 e. The minimum Gasteiger partial charge on any atom is -0.353 e. The van der Waals surface area contributed by atoms with E-state index in [1.54, 1.807) is 0 Å². The highest BCUT2D eigenvalue weighted by atomic mass is 35.5. The molecule has 0 aliphatic heterocycles. The zero-order valence-electron chi connectivity index (χ0n) is 11.0. The summed E-state index contributed by atoms with van der Waals surface area (Å²) in [6.45, 7) is 4.00. The Kier molecular flexibility index (Phi) is 2.92. The van der Waals surface area contributed by atoms with Crippen LogP contribution in [0.3, 0.4) is 0 Å². The van der Waals surface area contributed by atoms with Crippen LogP contribution in [0.2, 0.25) is 0 Å². The Morgan fingerprint density at radius 2 is 2.00 bits per heavy atom. The summed E-state index contributed by atoms with van der Waals surface area (Å²) in [6, 6.07) is 0.259. The Morgan fingerprint density at radius 1 is 1.33 bits per heavy atom. The summed E-state index contributed by atoms with van der Waals surface area (Å²) in [5.74, 6) is 2.43. The van der Waals surface area contributed by atoms with Crippen molar-refractivity contribution in [2.45, 2.75) is 56.3 Å². The molecular formula is C14H21Cl2NO. The molecule has 3 saturated carbocycles. The van der Waals surface area contributed by atoms with Crippen LogP contribution in [0.5, 0.6) is 0 Å². The minimum absolute atomic E-state index is 0.0303. The lowest BCUT2D eigenvalue weighted by Gasteiger charge is -2.29. The van der Waals surface area contributed by atoms with Gasteiger partial charge in [0.25, 0.3) is 0 Å². The number of carbonyl (C=O) groups excluding carboxylic acids is 1. The zero-order chi connectivity index (χ0) is 13.1. The number of nitrogens with one attached hydrogen (secondary N) is 1. The molecule has 3 aliphatic rings. The summed E-state index contributed by atoms with van der Waals surface area (Å²) >= 11 is 12.1. The van der Waals surface area contributed by atoms with Gasteiger partial charge in [0.2, 0.25) is 5.91 Å². The molecule has 1 N–H and O–H groups in total. The van der Waals surface area contributed by atoms with Crippen molar-refractivity contribution in [1.29, 1.82) is 0 Å². The molecule has 0 radical (unpaired) electrons. The van der Waals surface area contributed by atoms with E-state index >= 15 is 0 Å². The van der Waals surface area contributed by atoms with Crippen LogP contribution in [0.1, 0.15) is 46.0 Å². The van der Waals surface area contributed by atoms with Crippen molar-refractivity contribution in [3.05, 3.63) is 0 Å². The fourth-order valence-corrected chi connectivity index (χ4v) is 4.73. The van der Waals surface area contributed by atoms with Gasteiger partial charge in [-0.3, -0.25) is 4.79 Å². The van der Waals surface area contributed by atoms with E-state index in [0.29, 0.717) is 12.3 Å². The summed E-state index contributed by atoms with van der Waals surface area (Å²) in [5, 5.41) is 3.16. The molecule has 0 aromatic heterocycles. The van der Waals surface area contributed by atoms with Crippen molar-refractivity contribution < 1.29 is 4.79 Å². The van der Waals surface area contributed by atoms with Gasteiger partial charge in [-0.1, -0.05) is 6.42 Å². The monoisotopic (exact) mass is 289 g/mol. The maximum Gasteiger partial charge on any atom is 0.229 e. The maximum absolute atomic E-state index is 12.2. The Balaban J connectivity index is 1.59. The molecule has 3 aliphatic carbocycles. The van der Waals surface area contributed by atoms with Gasteiger partial charge >= 0.3 is 0 Å². The van der Waals surface area contributed by atoms with Crippen molar-refractivity contribution in [3.8, 4) is 0 Å². The molecule has 0 saturated heterocycles. The molecule has 0 spiro atoms. The first kappa shape index (κ1) is 13.1. The van der Waals surface area contributed by atoms with E-state index < -0.39 is 9.75 Å². The number of hydrogen-bond acceptors (Lipinski definition) is 1. The molecule has 2 nitrogen and oxygen atoms in total. The lowest BCUT2D eigenvalue weighted by atomic mass is 9.84. The van der Waals surface area contributed by atoms with Gasteiger partial charge < -0.3 is 5.32 Å². The van der Waals surface area contributed by atoms with Gasteiger partial charge in [0.15, 0.2) is 0 Å². The largest absolute Gasteiger partial charge is 0.353 e. The van der Waals surface area contributed by atoms with Crippen LogP contribution in [-0.2, 0) is 4.79 Å². The molecular weight excluding hydrogens is 269 g/mol. The molecule has 0 aromatic carbocycles. The molecule has 5 unspecified atom stereocenters. The van der Waals surface area contributed by atoms with Gasteiger partial charge in [-0.05, 0) is 57.3 Å². The van der Waals surface area contributed by atoms with Crippen molar-refractivity contribution in [1.82, 2.24) is 5.32 Å². The first-order valence-electron chi connectivity index (χ1n) is 7.02. The van der Waals surface area contributed by atoms with Gasteiger partial charge in [0.1, 0.15) is 4.33 Å². The topological polar surface area (TPSA) is 29.1 Å². The lowest BCUT2D eigenvalue weighted by Crippen LogP contribution is -2.44. The van der Waals surface area contributed by atoms with Crippen LogP contribution in [0.25, 0.3) is 0 Å². The number of rotatable bonds is 3. The molecule has 0 aromatic rings. The van der Waals surface area contributed by atoms with Crippen LogP contribution in [0.15, 0.2) is 0 Å². The van der Waals surface area contributed by atoms with E-state index in [9.17, 15) is 4.79 Å². The Labute approximate surface area is 119 Å². The molecule has 0 heterocycles. The number of alkyl halides is 2. The fraction of sp³-hybridized carbons (Fsp3) is 0.929. The Hall–Kier alpha value is 0.0500. The Morgan fingerprint density at radius 3 is 2.44 bits per heavy atom. The first-order valence-corrected chi connectivity index (χ1v) is 7.78. The van der Waals surface area contributed by atoms with E-state index in [2.05, 4.69) is 12.2 Å². The van der Waals surface area contributed by atoms with Crippen molar-refractivity contribution >= 4 is 29.1 Å². The van der Waals surface area contributed by atoms with Crippen LogP contribution < -0.4 is 5.32 Å². The summed E-state index contributed by atoms with van der Waals surface area (Å²) in [7, 11) is 0. The summed E-state index contributed by atoms with van der Waals surface area (Å²) in [4.78, 5) is 12.2. The van der Waals surface area contributed by atoms with E-state index in [-0.39, 0.29) is 11.9 Å². The van der Waals surface area contributed by atoms with Crippen LogP contribution in [0, 0.1) is 23.2 Å². The van der Waals surface area contributed by atoms with Crippen molar-refractivity contribution in [3.63, 3.8) is 0 Å². The summed E-state index contributed by atoms with van der Waals surface area (Å²) < 4.78 is -0.856.